The van der Waals surface area contributed by atoms with Crippen LogP contribution in [0.2, 0.25) is 0 Å². The van der Waals surface area contributed by atoms with Crippen LogP contribution < -0.4 is 10.0 Å². The standard InChI is InChI=1S/C18H18N4O2S/c1-13-7-6-10-16(14(13)2)19-17-11-12-18(21-20-17)22-25(23,24)15-8-4-3-5-9-15/h3-12H,1-2H3,(H,19,20)(H,21,22). The summed E-state index contributed by atoms with van der Waals surface area (Å²) >= 11 is 0. The van der Waals surface area contributed by atoms with Gasteiger partial charge in [-0.25, -0.2) is 8.42 Å². The molecule has 3 aromatic rings. The van der Waals surface area contributed by atoms with E-state index in [1.54, 1.807) is 30.3 Å². The number of benzene rings is 2. The van der Waals surface area contributed by atoms with E-state index in [2.05, 4.69) is 20.2 Å². The molecular formula is C18H18N4O2S. The Bertz CT molecular complexity index is 972. The first-order valence-electron chi connectivity index (χ1n) is 7.70. The maximum absolute atomic E-state index is 12.3. The van der Waals surface area contributed by atoms with Crippen LogP contribution >= 0.6 is 0 Å². The SMILES string of the molecule is Cc1cccc(Nc2ccc(NS(=O)(=O)c3ccccc3)nn2)c1C. The van der Waals surface area contributed by atoms with E-state index in [1.807, 2.05) is 32.0 Å². The lowest BCUT2D eigenvalue weighted by Gasteiger charge is -2.11. The molecule has 1 heterocycles. The molecule has 0 atom stereocenters. The number of rotatable bonds is 5. The Hall–Kier alpha value is -2.93. The lowest BCUT2D eigenvalue weighted by atomic mass is 10.1. The molecule has 3 rings (SSSR count). The maximum atomic E-state index is 12.3. The third-order valence-corrected chi connectivity index (χ3v) is 5.19. The van der Waals surface area contributed by atoms with Crippen LogP contribution in [0.1, 0.15) is 11.1 Å². The quantitative estimate of drug-likeness (QED) is 0.731. The largest absolute Gasteiger partial charge is 0.339 e. The zero-order chi connectivity index (χ0) is 17.9. The predicted molar refractivity (Wildman–Crippen MR) is 98.5 cm³/mol. The molecule has 25 heavy (non-hydrogen) atoms. The maximum Gasteiger partial charge on any atom is 0.263 e. The molecule has 0 amide bonds. The summed E-state index contributed by atoms with van der Waals surface area (Å²) in [6.45, 7) is 4.06. The lowest BCUT2D eigenvalue weighted by Crippen LogP contribution is -2.14. The number of hydrogen-bond donors (Lipinski definition) is 2. The van der Waals surface area contributed by atoms with Crippen molar-refractivity contribution in [3.63, 3.8) is 0 Å². The van der Waals surface area contributed by atoms with Crippen LogP contribution in [0, 0.1) is 13.8 Å². The molecule has 6 nitrogen and oxygen atoms in total. The summed E-state index contributed by atoms with van der Waals surface area (Å²) in [5.41, 5.74) is 3.23. The van der Waals surface area contributed by atoms with Gasteiger partial charge in [-0.2, -0.15) is 0 Å². The Morgan fingerprint density at radius 1 is 0.800 bits per heavy atom. The monoisotopic (exact) mass is 354 g/mol. The summed E-state index contributed by atoms with van der Waals surface area (Å²) in [5, 5.41) is 11.2. The lowest BCUT2D eigenvalue weighted by molar-refractivity contribution is 0.601. The third kappa shape index (κ3) is 3.95. The third-order valence-electron chi connectivity index (χ3n) is 3.82. The van der Waals surface area contributed by atoms with E-state index in [9.17, 15) is 8.42 Å². The second-order valence-corrected chi connectivity index (χ2v) is 7.28. The van der Waals surface area contributed by atoms with Gasteiger partial charge in [0.2, 0.25) is 0 Å². The zero-order valence-electron chi connectivity index (χ0n) is 13.9. The predicted octanol–water partition coefficient (Wildman–Crippen LogP) is 3.64. The summed E-state index contributed by atoms with van der Waals surface area (Å²) in [4.78, 5) is 0.175. The van der Waals surface area contributed by atoms with E-state index in [-0.39, 0.29) is 10.7 Å². The van der Waals surface area contributed by atoms with Gasteiger partial charge >= 0.3 is 0 Å². The first-order valence-corrected chi connectivity index (χ1v) is 9.19. The number of sulfonamides is 1. The molecule has 128 valence electrons. The van der Waals surface area contributed by atoms with E-state index in [0.29, 0.717) is 5.82 Å². The fourth-order valence-electron chi connectivity index (χ4n) is 2.27. The number of anilines is 3. The Labute approximate surface area is 147 Å². The Balaban J connectivity index is 1.76. The fraction of sp³-hybridized carbons (Fsp3) is 0.111. The highest BCUT2D eigenvalue weighted by atomic mass is 32.2. The first kappa shape index (κ1) is 16.9. The molecule has 0 unspecified atom stereocenters. The number of aryl methyl sites for hydroxylation is 1. The second-order valence-electron chi connectivity index (χ2n) is 5.59. The minimum Gasteiger partial charge on any atom is -0.339 e. The minimum absolute atomic E-state index is 0.162. The molecule has 0 spiro atoms. The Morgan fingerprint density at radius 2 is 1.48 bits per heavy atom. The van der Waals surface area contributed by atoms with Crippen LogP contribution in [0.3, 0.4) is 0 Å². The van der Waals surface area contributed by atoms with Crippen molar-refractivity contribution < 1.29 is 8.42 Å². The van der Waals surface area contributed by atoms with Crippen molar-refractivity contribution in [3.05, 3.63) is 71.8 Å². The van der Waals surface area contributed by atoms with E-state index in [4.69, 9.17) is 0 Å². The van der Waals surface area contributed by atoms with Crippen LogP contribution in [0.4, 0.5) is 17.3 Å². The molecule has 0 bridgehead atoms. The van der Waals surface area contributed by atoms with Gasteiger partial charge < -0.3 is 5.32 Å². The van der Waals surface area contributed by atoms with Crippen molar-refractivity contribution in [1.82, 2.24) is 10.2 Å². The van der Waals surface area contributed by atoms with Gasteiger partial charge in [0.05, 0.1) is 4.90 Å². The molecule has 0 fully saturated rings. The molecule has 1 aromatic heterocycles. The molecule has 0 aliphatic heterocycles. The summed E-state index contributed by atoms with van der Waals surface area (Å²) in [6.07, 6.45) is 0. The topological polar surface area (TPSA) is 84.0 Å². The van der Waals surface area contributed by atoms with Gasteiger partial charge in [-0.3, -0.25) is 4.72 Å². The number of nitrogens with one attached hydrogen (secondary N) is 2. The van der Waals surface area contributed by atoms with Gasteiger partial charge in [-0.05, 0) is 55.3 Å². The van der Waals surface area contributed by atoms with E-state index in [1.165, 1.54) is 17.7 Å². The molecule has 2 N–H and O–H groups in total. The minimum atomic E-state index is -3.67. The normalized spacial score (nSPS) is 11.1. The van der Waals surface area contributed by atoms with Crippen molar-refractivity contribution >= 4 is 27.3 Å². The zero-order valence-corrected chi connectivity index (χ0v) is 14.7. The van der Waals surface area contributed by atoms with Crippen molar-refractivity contribution in [2.24, 2.45) is 0 Å². The molecule has 0 saturated heterocycles. The van der Waals surface area contributed by atoms with Crippen LogP contribution in [0.5, 0.6) is 0 Å². The van der Waals surface area contributed by atoms with E-state index in [0.717, 1.165) is 11.3 Å². The molecule has 2 aromatic carbocycles. The summed E-state index contributed by atoms with van der Waals surface area (Å²) in [5.74, 6) is 0.701. The van der Waals surface area contributed by atoms with E-state index < -0.39 is 10.0 Å². The molecule has 7 heteroatoms. The van der Waals surface area contributed by atoms with Crippen LogP contribution in [0.25, 0.3) is 0 Å². The highest BCUT2D eigenvalue weighted by Crippen LogP contribution is 2.22. The van der Waals surface area contributed by atoms with E-state index >= 15 is 0 Å². The molecule has 0 saturated carbocycles. The Kier molecular flexibility index (Phi) is 4.67. The first-order chi connectivity index (χ1) is 12.0. The van der Waals surface area contributed by atoms with Crippen LogP contribution in [0.15, 0.2) is 65.6 Å². The van der Waals surface area contributed by atoms with Crippen LogP contribution in [-0.2, 0) is 10.0 Å². The van der Waals surface area contributed by atoms with Gasteiger partial charge in [0.25, 0.3) is 10.0 Å². The number of nitrogens with zero attached hydrogens (tertiary/aromatic N) is 2. The van der Waals surface area contributed by atoms with Gasteiger partial charge in [0.1, 0.15) is 0 Å². The summed E-state index contributed by atoms with van der Waals surface area (Å²) in [7, 11) is -3.67. The van der Waals surface area contributed by atoms with Crippen LogP contribution in [-0.4, -0.2) is 18.6 Å². The molecule has 0 radical (unpaired) electrons. The number of aromatic nitrogens is 2. The van der Waals surface area contributed by atoms with Crippen molar-refractivity contribution in [3.8, 4) is 0 Å². The molecule has 0 aliphatic rings. The summed E-state index contributed by atoms with van der Waals surface area (Å²) in [6, 6.07) is 17.3. The van der Waals surface area contributed by atoms with Crippen molar-refractivity contribution in [2.45, 2.75) is 18.7 Å². The molecule has 0 aliphatic carbocycles. The van der Waals surface area contributed by atoms with Gasteiger partial charge in [-0.15, -0.1) is 10.2 Å². The average molecular weight is 354 g/mol. The highest BCUT2D eigenvalue weighted by molar-refractivity contribution is 7.92. The van der Waals surface area contributed by atoms with Crippen molar-refractivity contribution in [1.29, 1.82) is 0 Å². The second kappa shape index (κ2) is 6.90. The number of hydrogen-bond acceptors (Lipinski definition) is 5. The smallest absolute Gasteiger partial charge is 0.263 e. The summed E-state index contributed by atoms with van der Waals surface area (Å²) < 4.78 is 26.9. The van der Waals surface area contributed by atoms with Gasteiger partial charge in [0, 0.05) is 5.69 Å². The van der Waals surface area contributed by atoms with Crippen molar-refractivity contribution in [2.75, 3.05) is 10.0 Å². The Morgan fingerprint density at radius 3 is 2.16 bits per heavy atom. The molecular weight excluding hydrogens is 336 g/mol. The van der Waals surface area contributed by atoms with Gasteiger partial charge in [-0.1, -0.05) is 30.3 Å². The fourth-order valence-corrected chi connectivity index (χ4v) is 3.29. The average Bonchev–Trinajstić information content (AvgIpc) is 2.61. The van der Waals surface area contributed by atoms with Gasteiger partial charge in [0.15, 0.2) is 11.6 Å². The highest BCUT2D eigenvalue weighted by Gasteiger charge is 2.14.